The minimum Gasteiger partial charge on any atom is -0.460 e. The molecule has 3 aromatic carbocycles. The number of esters is 1. The van der Waals surface area contributed by atoms with Crippen molar-refractivity contribution in [2.24, 2.45) is 0 Å². The number of hydrogen-bond donors (Lipinski definition) is 1. The fourth-order valence-electron chi connectivity index (χ4n) is 4.36. The van der Waals surface area contributed by atoms with E-state index >= 15 is 0 Å². The van der Waals surface area contributed by atoms with Crippen molar-refractivity contribution in [2.45, 2.75) is 65.2 Å². The normalized spacial score (nSPS) is 12.9. The number of ether oxygens (including phenoxy) is 2. The summed E-state index contributed by atoms with van der Waals surface area (Å²) >= 11 is 0. The number of carbonyl (C=O) groups excluding carboxylic acids is 2. The summed E-state index contributed by atoms with van der Waals surface area (Å²) in [7, 11) is -2.30. The summed E-state index contributed by atoms with van der Waals surface area (Å²) in [6.45, 7) is 11.0. The number of alkyl carbamates (subject to hydrolysis) is 1. The SMILES string of the molecule is CC(C)(C)OC(=O)C[C@@H](C[P+](c1ccccc1)(c1ccccc1)c1ccccc1)NC(=O)OC(C)(C)C. The third-order valence-electron chi connectivity index (χ3n) is 5.64. The van der Waals surface area contributed by atoms with Crippen molar-refractivity contribution < 1.29 is 19.1 Å². The first-order valence-corrected chi connectivity index (χ1v) is 14.6. The molecule has 0 aliphatic heterocycles. The van der Waals surface area contributed by atoms with Gasteiger partial charge in [-0.2, -0.15) is 0 Å². The van der Waals surface area contributed by atoms with Crippen LogP contribution in [0.25, 0.3) is 0 Å². The fraction of sp³-hybridized carbons (Fsp3) is 0.355. The maximum Gasteiger partial charge on any atom is 0.408 e. The second kappa shape index (κ2) is 11.9. The molecule has 0 unspecified atom stereocenters. The maximum atomic E-state index is 13.0. The van der Waals surface area contributed by atoms with Gasteiger partial charge < -0.3 is 14.8 Å². The standard InChI is InChI=1S/C31H38NO4P/c1-30(2,3)35-28(33)22-24(32-29(34)36-31(4,5)6)23-37(25-16-10-7-11-17-25,26-18-12-8-13-19-26)27-20-14-9-15-21-27/h7-21,24H,22-23H2,1-6H3/p+1/t24-/m0/s1. The van der Waals surface area contributed by atoms with Gasteiger partial charge in [0.25, 0.3) is 0 Å². The Morgan fingerprint density at radius 1 is 0.676 bits per heavy atom. The summed E-state index contributed by atoms with van der Waals surface area (Å²) in [4.78, 5) is 26.0. The Morgan fingerprint density at radius 2 is 1.05 bits per heavy atom. The molecule has 1 N–H and O–H groups in total. The molecule has 0 heterocycles. The Hall–Kier alpha value is -3.17. The van der Waals surface area contributed by atoms with Crippen molar-refractivity contribution in [1.29, 1.82) is 0 Å². The van der Waals surface area contributed by atoms with E-state index in [9.17, 15) is 9.59 Å². The van der Waals surface area contributed by atoms with Crippen LogP contribution in [0.1, 0.15) is 48.0 Å². The Balaban J connectivity index is 2.14. The highest BCUT2D eigenvalue weighted by atomic mass is 31.2. The van der Waals surface area contributed by atoms with Crippen LogP contribution in [0, 0.1) is 0 Å². The first-order chi connectivity index (χ1) is 17.4. The first kappa shape index (κ1) is 28.4. The molecule has 196 valence electrons. The number of carbonyl (C=O) groups is 2. The van der Waals surface area contributed by atoms with Gasteiger partial charge in [-0.3, -0.25) is 4.79 Å². The molecule has 1 atom stereocenters. The zero-order valence-electron chi connectivity index (χ0n) is 22.7. The van der Waals surface area contributed by atoms with E-state index in [1.807, 2.05) is 96.1 Å². The topological polar surface area (TPSA) is 64.6 Å². The molecule has 0 bridgehead atoms. The molecule has 0 saturated carbocycles. The van der Waals surface area contributed by atoms with Crippen molar-refractivity contribution in [1.82, 2.24) is 5.32 Å². The van der Waals surface area contributed by atoms with Crippen molar-refractivity contribution in [3.63, 3.8) is 0 Å². The predicted molar refractivity (Wildman–Crippen MR) is 154 cm³/mol. The van der Waals surface area contributed by atoms with Gasteiger partial charge in [-0.05, 0) is 77.9 Å². The molecule has 3 aromatic rings. The minimum absolute atomic E-state index is 0.0325. The van der Waals surface area contributed by atoms with Crippen LogP contribution in [0.2, 0.25) is 0 Å². The fourth-order valence-corrected chi connectivity index (χ4v) is 8.81. The zero-order chi connectivity index (χ0) is 27.1. The van der Waals surface area contributed by atoms with E-state index in [0.717, 1.165) is 0 Å². The van der Waals surface area contributed by atoms with E-state index in [1.54, 1.807) is 0 Å². The summed E-state index contributed by atoms with van der Waals surface area (Å²) in [6, 6.07) is 30.6. The van der Waals surface area contributed by atoms with Crippen LogP contribution in [0.4, 0.5) is 4.79 Å². The van der Waals surface area contributed by atoms with Gasteiger partial charge in [0.1, 0.15) is 34.4 Å². The largest absolute Gasteiger partial charge is 0.460 e. The van der Waals surface area contributed by atoms with Crippen LogP contribution >= 0.6 is 7.26 Å². The van der Waals surface area contributed by atoms with Gasteiger partial charge in [-0.15, -0.1) is 0 Å². The Morgan fingerprint density at radius 3 is 1.41 bits per heavy atom. The number of rotatable bonds is 8. The number of amides is 1. The zero-order valence-corrected chi connectivity index (χ0v) is 23.6. The third-order valence-corrected chi connectivity index (χ3v) is 10.2. The molecule has 1 amide bonds. The second-order valence-electron chi connectivity index (χ2n) is 11.1. The lowest BCUT2D eigenvalue weighted by atomic mass is 10.2. The van der Waals surface area contributed by atoms with Crippen LogP contribution in [0.15, 0.2) is 91.0 Å². The van der Waals surface area contributed by atoms with Crippen LogP contribution < -0.4 is 21.2 Å². The molecule has 0 fully saturated rings. The van der Waals surface area contributed by atoms with Crippen molar-refractivity contribution in [2.75, 3.05) is 6.16 Å². The van der Waals surface area contributed by atoms with E-state index in [4.69, 9.17) is 9.47 Å². The van der Waals surface area contributed by atoms with Gasteiger partial charge in [-0.25, -0.2) is 4.79 Å². The van der Waals surface area contributed by atoms with Gasteiger partial charge >= 0.3 is 12.1 Å². The smallest absolute Gasteiger partial charge is 0.408 e. The molecule has 5 nitrogen and oxygen atoms in total. The predicted octanol–water partition coefficient (Wildman–Crippen LogP) is 5.61. The lowest BCUT2D eigenvalue weighted by molar-refractivity contribution is -0.155. The average Bonchev–Trinajstić information content (AvgIpc) is 2.81. The number of hydrogen-bond acceptors (Lipinski definition) is 4. The van der Waals surface area contributed by atoms with Crippen LogP contribution in [0.5, 0.6) is 0 Å². The van der Waals surface area contributed by atoms with Gasteiger partial charge in [0.05, 0.1) is 18.6 Å². The highest BCUT2D eigenvalue weighted by Crippen LogP contribution is 2.56. The summed E-state index contributed by atoms with van der Waals surface area (Å²) in [5.41, 5.74) is -1.29. The van der Waals surface area contributed by atoms with Gasteiger partial charge in [-0.1, -0.05) is 54.6 Å². The van der Waals surface area contributed by atoms with E-state index < -0.39 is 30.6 Å². The summed E-state index contributed by atoms with van der Waals surface area (Å²) < 4.78 is 11.3. The van der Waals surface area contributed by atoms with E-state index in [0.29, 0.717) is 6.16 Å². The molecule has 0 spiro atoms. The summed E-state index contributed by atoms with van der Waals surface area (Å²) in [5.74, 6) is -0.360. The Bertz CT molecular complexity index is 1030. The molecule has 0 aliphatic rings. The van der Waals surface area contributed by atoms with E-state index in [-0.39, 0.29) is 12.4 Å². The molecular formula is C31H39NO4P+. The van der Waals surface area contributed by atoms with Crippen LogP contribution in [-0.2, 0) is 14.3 Å². The van der Waals surface area contributed by atoms with Crippen molar-refractivity contribution in [3.05, 3.63) is 91.0 Å². The van der Waals surface area contributed by atoms with E-state index in [2.05, 4.69) is 41.7 Å². The summed E-state index contributed by atoms with van der Waals surface area (Å²) in [6.07, 6.45) is 0.0159. The lowest BCUT2D eigenvalue weighted by Crippen LogP contribution is -2.47. The molecule has 0 aliphatic carbocycles. The highest BCUT2D eigenvalue weighted by molar-refractivity contribution is 7.95. The Kier molecular flexibility index (Phi) is 9.15. The monoisotopic (exact) mass is 520 g/mol. The van der Waals surface area contributed by atoms with E-state index in [1.165, 1.54) is 15.9 Å². The highest BCUT2D eigenvalue weighted by Gasteiger charge is 2.48. The lowest BCUT2D eigenvalue weighted by Gasteiger charge is -2.32. The maximum absolute atomic E-state index is 13.0. The van der Waals surface area contributed by atoms with Crippen LogP contribution in [0.3, 0.4) is 0 Å². The van der Waals surface area contributed by atoms with Gasteiger partial charge in [0.15, 0.2) is 0 Å². The number of benzene rings is 3. The van der Waals surface area contributed by atoms with Crippen LogP contribution in [-0.4, -0.2) is 35.5 Å². The molecule has 0 radical (unpaired) electrons. The van der Waals surface area contributed by atoms with Gasteiger partial charge in [0.2, 0.25) is 0 Å². The van der Waals surface area contributed by atoms with Crippen molar-refractivity contribution in [3.8, 4) is 0 Å². The van der Waals surface area contributed by atoms with Gasteiger partial charge in [0, 0.05) is 0 Å². The first-order valence-electron chi connectivity index (χ1n) is 12.7. The molecule has 37 heavy (non-hydrogen) atoms. The average molecular weight is 521 g/mol. The molecule has 3 rings (SSSR count). The third kappa shape index (κ3) is 8.16. The molecule has 0 saturated heterocycles. The minimum atomic E-state index is -2.30. The molecule has 6 heteroatoms. The molecule has 0 aromatic heterocycles. The summed E-state index contributed by atoms with van der Waals surface area (Å²) in [5, 5.41) is 6.54. The molecular weight excluding hydrogens is 481 g/mol. The Labute approximate surface area is 221 Å². The van der Waals surface area contributed by atoms with Crippen molar-refractivity contribution >= 4 is 35.2 Å². The second-order valence-corrected chi connectivity index (χ2v) is 14.7. The quantitative estimate of drug-likeness (QED) is 0.310. The number of nitrogens with one attached hydrogen (secondary N) is 1.